The van der Waals surface area contributed by atoms with Crippen LogP contribution in [-0.4, -0.2) is 44.7 Å². The summed E-state index contributed by atoms with van der Waals surface area (Å²) in [4.78, 5) is 41.7. The lowest BCUT2D eigenvalue weighted by Crippen LogP contribution is -2.45. The Labute approximate surface area is 325 Å². The van der Waals surface area contributed by atoms with Crippen LogP contribution in [0, 0.1) is 0 Å². The number of halogens is 2. The van der Waals surface area contributed by atoms with E-state index in [0.29, 0.717) is 30.4 Å². The van der Waals surface area contributed by atoms with Crippen molar-refractivity contribution in [2.45, 2.75) is 77.0 Å². The number of rotatable bonds is 12. The molecule has 5 heterocycles. The molecule has 3 aromatic carbocycles. The second kappa shape index (κ2) is 16.5. The molecule has 292 valence electrons. The third-order valence-corrected chi connectivity index (χ3v) is 13.9. The molecule has 0 aliphatic carbocycles. The summed E-state index contributed by atoms with van der Waals surface area (Å²) < 4.78 is 65.9. The van der Waals surface area contributed by atoms with Gasteiger partial charge in [-0.1, -0.05) is 6.42 Å². The monoisotopic (exact) mass is 848 g/mol. The molecule has 17 heteroatoms. The molecule has 5 aliphatic rings. The van der Waals surface area contributed by atoms with Crippen molar-refractivity contribution >= 4 is 70.3 Å². The Bertz CT molecular complexity index is 2250. The summed E-state index contributed by atoms with van der Waals surface area (Å²) in [5.41, 5.74) is 7.65. The van der Waals surface area contributed by atoms with Crippen molar-refractivity contribution in [3.8, 4) is 11.5 Å². The van der Waals surface area contributed by atoms with Gasteiger partial charge >= 0.3 is 11.9 Å². The van der Waals surface area contributed by atoms with Gasteiger partial charge in [0.25, 0.3) is 16.3 Å². The van der Waals surface area contributed by atoms with Gasteiger partial charge < -0.3 is 32.7 Å². The van der Waals surface area contributed by atoms with Crippen LogP contribution >= 0.6 is 41.7 Å². The van der Waals surface area contributed by atoms with Crippen molar-refractivity contribution in [2.24, 2.45) is 0 Å². The first kappa shape index (κ1) is 39.4. The first-order chi connectivity index (χ1) is 26.5. The molecule has 5 aliphatic heterocycles. The SMILES string of the molecule is O=C(CCCCCOP(=O)([O-])c1ccc(C(=O)OP(F)P)c(C2=c3cc4c5c(c3Oc3c2cc2c6c3CCCN6CCC2)CCC[N+]=5CCC4)c1)OP(F)P. The standard InChI is InChI=1S/C38H43F2N2O8P5/c39-53(51)49-32(43)12-2-1-3-19-47-55(45,46)25-13-14-26(38(44)50-54(40)52)29(22-25)33-30-20-23-8-4-15-41-17-6-10-27(34(23)41)36(30)48-37-28-11-7-18-42-16-5-9-24(35(28)42)21-31(33)37/h13-14,20-22H,1-12,15-19,51-52H2. The maximum atomic E-state index is 14.3. The number of ether oxygens (including phenoxy) is 1. The number of unbranched alkanes of at least 4 members (excludes halogenated alkanes) is 2. The molecule has 3 aromatic rings. The summed E-state index contributed by atoms with van der Waals surface area (Å²) in [6.07, 6.45) is 8.56. The molecular formula is C38H43F2N2O8P5. The van der Waals surface area contributed by atoms with E-state index in [1.54, 1.807) is 0 Å². The highest BCUT2D eigenvalue weighted by atomic mass is 32.0. The largest absolute Gasteiger partial charge is 0.775 e. The van der Waals surface area contributed by atoms with Crippen molar-refractivity contribution in [2.75, 3.05) is 37.7 Å². The van der Waals surface area contributed by atoms with Crippen LogP contribution in [0.15, 0.2) is 30.3 Å². The van der Waals surface area contributed by atoms with Gasteiger partial charge in [-0.25, -0.2) is 9.37 Å². The number of carbonyl (C=O) groups excluding carboxylic acids is 2. The molecule has 0 radical (unpaired) electrons. The van der Waals surface area contributed by atoms with Crippen LogP contribution in [0.3, 0.4) is 0 Å². The van der Waals surface area contributed by atoms with Crippen molar-refractivity contribution in [3.05, 3.63) is 79.9 Å². The summed E-state index contributed by atoms with van der Waals surface area (Å²) in [6.45, 7) is 3.76. The molecule has 8 rings (SSSR count). The molecule has 5 atom stereocenters. The molecular weight excluding hydrogens is 805 g/mol. The Morgan fingerprint density at radius 2 is 1.60 bits per heavy atom. The maximum Gasteiger partial charge on any atom is 0.343 e. The highest BCUT2D eigenvalue weighted by molar-refractivity contribution is 8.08. The molecule has 0 bridgehead atoms. The third-order valence-electron chi connectivity index (χ3n) is 11.1. The van der Waals surface area contributed by atoms with Gasteiger partial charge in [0.2, 0.25) is 5.36 Å². The van der Waals surface area contributed by atoms with E-state index in [1.807, 2.05) is 17.9 Å². The predicted octanol–water partition coefficient (Wildman–Crippen LogP) is 6.72. The average Bonchev–Trinajstić information content (AvgIpc) is 3.15. The molecule has 0 saturated carbocycles. The molecule has 55 heavy (non-hydrogen) atoms. The van der Waals surface area contributed by atoms with Crippen molar-refractivity contribution in [1.82, 2.24) is 4.58 Å². The fourth-order valence-electron chi connectivity index (χ4n) is 8.97. The van der Waals surface area contributed by atoms with E-state index in [0.717, 1.165) is 111 Å². The summed E-state index contributed by atoms with van der Waals surface area (Å²) in [5.74, 6) is -0.0888. The van der Waals surface area contributed by atoms with Crippen LogP contribution in [-0.2, 0) is 48.6 Å². The van der Waals surface area contributed by atoms with E-state index in [4.69, 9.17) is 13.8 Å². The summed E-state index contributed by atoms with van der Waals surface area (Å²) in [5, 5.41) is 1.87. The zero-order chi connectivity index (χ0) is 38.4. The lowest BCUT2D eigenvalue weighted by Gasteiger charge is -2.39. The average molecular weight is 849 g/mol. The third kappa shape index (κ3) is 7.92. The normalized spacial score (nSPS) is 18.8. The second-order valence-corrected chi connectivity index (χ2v) is 20.3. The van der Waals surface area contributed by atoms with Gasteiger partial charge in [-0.15, -0.1) is 0 Å². The van der Waals surface area contributed by atoms with Gasteiger partial charge in [0, 0.05) is 70.8 Å². The second-order valence-electron chi connectivity index (χ2n) is 14.6. The van der Waals surface area contributed by atoms with Crippen molar-refractivity contribution < 1.29 is 45.7 Å². The number of hydrogen-bond acceptors (Lipinski definition) is 9. The quantitative estimate of drug-likeness (QED) is 0.0871. The minimum atomic E-state index is -4.70. The van der Waals surface area contributed by atoms with E-state index in [1.165, 1.54) is 40.4 Å². The van der Waals surface area contributed by atoms with Crippen LogP contribution in [0.25, 0.3) is 5.57 Å². The van der Waals surface area contributed by atoms with Crippen LogP contribution in [0.4, 0.5) is 14.1 Å². The van der Waals surface area contributed by atoms with Gasteiger partial charge in [-0.05, 0) is 111 Å². The number of nitrogens with zero attached hydrogens (tertiary/aromatic N) is 2. The topological polar surface area (TPSA) is 117 Å². The fourth-order valence-corrected chi connectivity index (χ4v) is 11.2. The molecule has 0 aromatic heterocycles. The van der Waals surface area contributed by atoms with Gasteiger partial charge in [0.15, 0.2) is 7.60 Å². The van der Waals surface area contributed by atoms with Gasteiger partial charge in [0.05, 0.1) is 17.7 Å². The van der Waals surface area contributed by atoms with Gasteiger partial charge in [0.1, 0.15) is 24.6 Å². The zero-order valence-corrected chi connectivity index (χ0v) is 35.3. The van der Waals surface area contributed by atoms with Crippen LogP contribution in [0.2, 0.25) is 0 Å². The molecule has 0 amide bonds. The highest BCUT2D eigenvalue weighted by Gasteiger charge is 2.37. The fraction of sp³-hybridized carbons (Fsp3) is 0.447. The summed E-state index contributed by atoms with van der Waals surface area (Å²) in [7, 11) is -5.99. The maximum absolute atomic E-state index is 14.3. The van der Waals surface area contributed by atoms with E-state index in [2.05, 4.69) is 26.1 Å². The summed E-state index contributed by atoms with van der Waals surface area (Å²) in [6, 6.07) is 8.45. The molecule has 0 fully saturated rings. The molecule has 0 spiro atoms. The Balaban J connectivity index is 1.27. The van der Waals surface area contributed by atoms with Crippen LogP contribution in [0.1, 0.15) is 95.1 Å². The van der Waals surface area contributed by atoms with Crippen molar-refractivity contribution in [3.63, 3.8) is 0 Å². The minimum absolute atomic E-state index is 0.0155. The number of aryl methyl sites for hydroxylation is 2. The number of carbonyl (C=O) groups is 2. The molecule has 10 nitrogen and oxygen atoms in total. The number of anilines is 1. The van der Waals surface area contributed by atoms with E-state index in [-0.39, 0.29) is 23.9 Å². The van der Waals surface area contributed by atoms with Crippen LogP contribution in [0.5, 0.6) is 11.5 Å². The van der Waals surface area contributed by atoms with E-state index >= 15 is 0 Å². The number of benzene rings is 3. The number of fused-ring (bicyclic) bond motifs is 4. The smallest absolute Gasteiger partial charge is 0.343 e. The zero-order valence-electron chi connectivity index (χ0n) is 30.3. The van der Waals surface area contributed by atoms with E-state index in [9.17, 15) is 27.4 Å². The van der Waals surface area contributed by atoms with E-state index < -0.39 is 35.8 Å². The van der Waals surface area contributed by atoms with Gasteiger partial charge in [-0.2, -0.15) is 8.39 Å². The predicted molar refractivity (Wildman–Crippen MR) is 215 cm³/mol. The Morgan fingerprint density at radius 3 is 2.38 bits per heavy atom. The Morgan fingerprint density at radius 1 is 0.873 bits per heavy atom. The van der Waals surface area contributed by atoms with Crippen LogP contribution < -0.4 is 35.0 Å². The molecule has 5 unspecified atom stereocenters. The van der Waals surface area contributed by atoms with Crippen molar-refractivity contribution in [1.29, 1.82) is 0 Å². The molecule has 0 N–H and O–H groups in total. The lowest BCUT2D eigenvalue weighted by molar-refractivity contribution is -0.194. The first-order valence-electron chi connectivity index (χ1n) is 18.9. The first-order valence-corrected chi connectivity index (χ1v) is 26.0. The Hall–Kier alpha value is -2.40. The number of hydrogen-bond donors (Lipinski definition) is 0. The Kier molecular flexibility index (Phi) is 11.8. The summed E-state index contributed by atoms with van der Waals surface area (Å²) >= 11 is 0. The molecule has 0 saturated heterocycles. The lowest BCUT2D eigenvalue weighted by atomic mass is 9.82. The minimum Gasteiger partial charge on any atom is -0.775 e. The highest BCUT2D eigenvalue weighted by Crippen LogP contribution is 2.51. The van der Waals surface area contributed by atoms with Gasteiger partial charge in [-0.3, -0.25) is 4.79 Å².